The normalized spacial score (nSPS) is 11.0. The van der Waals surface area contributed by atoms with E-state index >= 15 is 0 Å². The molecule has 106 valence electrons. The van der Waals surface area contributed by atoms with Gasteiger partial charge in [-0.25, -0.2) is 4.57 Å². The molecule has 0 radical (unpaired) electrons. The maximum absolute atomic E-state index is 2.32. The first-order valence-electron chi connectivity index (χ1n) is 7.46. The van der Waals surface area contributed by atoms with Crippen molar-refractivity contribution < 1.29 is 4.57 Å². The topological polar surface area (TPSA) is 8.81 Å². The number of aromatic nitrogens is 2. The van der Waals surface area contributed by atoms with Gasteiger partial charge >= 0.3 is 0 Å². The number of hydrogen-bond donors (Lipinski definition) is 0. The van der Waals surface area contributed by atoms with Crippen LogP contribution in [-0.4, -0.2) is 4.57 Å². The molecule has 0 spiro atoms. The first-order chi connectivity index (χ1) is 10.9. The van der Waals surface area contributed by atoms with Gasteiger partial charge in [0.2, 0.25) is 0 Å². The fraction of sp³-hybridized carbons (Fsp3) is 0.0500. The highest BCUT2D eigenvalue weighted by Crippen LogP contribution is 2.26. The lowest BCUT2D eigenvalue weighted by molar-refractivity contribution is -0.633. The maximum Gasteiger partial charge on any atom is 0.294 e. The van der Waals surface area contributed by atoms with Crippen LogP contribution in [-0.2, 0) is 7.05 Å². The number of aryl methyl sites for hydroxylation is 1. The molecular formula is C20H17N2+. The lowest BCUT2D eigenvalue weighted by atomic mass is 10.2. The summed E-state index contributed by atoms with van der Waals surface area (Å²) in [4.78, 5) is 0. The van der Waals surface area contributed by atoms with E-state index in [1.807, 2.05) is 0 Å². The van der Waals surface area contributed by atoms with E-state index in [9.17, 15) is 0 Å². The molecule has 4 aromatic rings. The van der Waals surface area contributed by atoms with Crippen LogP contribution in [0.3, 0.4) is 0 Å². The zero-order valence-corrected chi connectivity index (χ0v) is 12.5. The van der Waals surface area contributed by atoms with Crippen molar-refractivity contribution >= 4 is 11.0 Å². The smallest absolute Gasteiger partial charge is 0.225 e. The zero-order valence-electron chi connectivity index (χ0n) is 12.5. The minimum absolute atomic E-state index is 1.18. The molecule has 0 saturated heterocycles. The third kappa shape index (κ3) is 1.92. The fourth-order valence-corrected chi connectivity index (χ4v) is 3.06. The summed E-state index contributed by atoms with van der Waals surface area (Å²) in [6.45, 7) is 0. The van der Waals surface area contributed by atoms with Crippen LogP contribution in [0.5, 0.6) is 0 Å². The zero-order chi connectivity index (χ0) is 14.9. The van der Waals surface area contributed by atoms with E-state index in [0.717, 1.165) is 0 Å². The number of nitrogens with zero attached hydrogens (tertiary/aromatic N) is 2. The molecule has 0 amide bonds. The molecule has 0 aliphatic heterocycles. The molecule has 1 aromatic heterocycles. The maximum atomic E-state index is 2.32. The molecule has 0 unspecified atom stereocenters. The molecule has 0 bridgehead atoms. The number of imidazole rings is 1. The Balaban J connectivity index is 2.14. The summed E-state index contributed by atoms with van der Waals surface area (Å²) in [5, 5.41) is 0. The first-order valence-corrected chi connectivity index (χ1v) is 7.46. The van der Waals surface area contributed by atoms with Crippen molar-refractivity contribution in [2.75, 3.05) is 0 Å². The highest BCUT2D eigenvalue weighted by atomic mass is 15.2. The van der Waals surface area contributed by atoms with Crippen molar-refractivity contribution in [3.8, 4) is 17.1 Å². The van der Waals surface area contributed by atoms with Crippen LogP contribution in [0.15, 0.2) is 84.9 Å². The predicted molar refractivity (Wildman–Crippen MR) is 89.9 cm³/mol. The standard InChI is InChI=1S/C20H17N2/c1-21-18-14-8-9-15-19(18)22(17-12-6-3-7-13-17)20(21)16-10-4-2-5-11-16/h2-15H,1H3/q+1. The van der Waals surface area contributed by atoms with Gasteiger partial charge in [0, 0.05) is 0 Å². The summed E-state index contributed by atoms with van der Waals surface area (Å²) in [6.07, 6.45) is 0. The van der Waals surface area contributed by atoms with Crippen molar-refractivity contribution in [2.24, 2.45) is 7.05 Å². The molecular weight excluding hydrogens is 268 g/mol. The van der Waals surface area contributed by atoms with Gasteiger partial charge in [-0.15, -0.1) is 0 Å². The summed E-state index contributed by atoms with van der Waals surface area (Å²) < 4.78 is 4.59. The molecule has 0 N–H and O–H groups in total. The Bertz CT molecular complexity index is 922. The number of benzene rings is 3. The monoisotopic (exact) mass is 285 g/mol. The largest absolute Gasteiger partial charge is 0.294 e. The fourth-order valence-electron chi connectivity index (χ4n) is 3.06. The summed E-state index contributed by atoms with van der Waals surface area (Å²) in [5.74, 6) is 1.19. The van der Waals surface area contributed by atoms with E-state index in [-0.39, 0.29) is 0 Å². The van der Waals surface area contributed by atoms with Gasteiger partial charge in [-0.05, 0) is 36.4 Å². The second-order valence-corrected chi connectivity index (χ2v) is 5.41. The minimum Gasteiger partial charge on any atom is -0.225 e. The van der Waals surface area contributed by atoms with Gasteiger partial charge in [0.1, 0.15) is 5.69 Å². The van der Waals surface area contributed by atoms with E-state index in [2.05, 4.69) is 101 Å². The number of rotatable bonds is 2. The summed E-state index contributed by atoms with van der Waals surface area (Å²) in [5.41, 5.74) is 4.84. The molecule has 0 fully saturated rings. The molecule has 2 nitrogen and oxygen atoms in total. The second kappa shape index (κ2) is 5.15. The van der Waals surface area contributed by atoms with Gasteiger partial charge in [0.15, 0.2) is 11.0 Å². The molecule has 3 aromatic carbocycles. The number of para-hydroxylation sites is 3. The Kier molecular flexibility index (Phi) is 3.01. The van der Waals surface area contributed by atoms with Gasteiger partial charge in [0.05, 0.1) is 12.6 Å². The molecule has 0 aliphatic rings. The summed E-state index contributed by atoms with van der Waals surface area (Å²) >= 11 is 0. The predicted octanol–water partition coefficient (Wildman–Crippen LogP) is 4.12. The molecule has 4 rings (SSSR count). The van der Waals surface area contributed by atoms with Crippen molar-refractivity contribution in [3.63, 3.8) is 0 Å². The van der Waals surface area contributed by atoms with Crippen LogP contribution >= 0.6 is 0 Å². The Labute approximate surface area is 129 Å². The third-order valence-corrected chi connectivity index (χ3v) is 4.06. The molecule has 1 heterocycles. The van der Waals surface area contributed by atoms with Crippen LogP contribution < -0.4 is 4.57 Å². The summed E-state index contributed by atoms with van der Waals surface area (Å²) in [7, 11) is 2.13. The van der Waals surface area contributed by atoms with Crippen molar-refractivity contribution in [3.05, 3.63) is 84.9 Å². The lowest BCUT2D eigenvalue weighted by Crippen LogP contribution is -2.30. The Morgan fingerprint density at radius 2 is 1.27 bits per heavy atom. The number of fused-ring (bicyclic) bond motifs is 1. The number of hydrogen-bond acceptors (Lipinski definition) is 0. The van der Waals surface area contributed by atoms with Crippen LogP contribution in [0, 0.1) is 0 Å². The molecule has 0 atom stereocenters. The van der Waals surface area contributed by atoms with Crippen LogP contribution in [0.1, 0.15) is 0 Å². The van der Waals surface area contributed by atoms with Crippen molar-refractivity contribution in [1.29, 1.82) is 0 Å². The van der Waals surface area contributed by atoms with Crippen molar-refractivity contribution in [2.45, 2.75) is 0 Å². The Morgan fingerprint density at radius 1 is 0.682 bits per heavy atom. The first kappa shape index (κ1) is 12.8. The Morgan fingerprint density at radius 3 is 2.00 bits per heavy atom. The van der Waals surface area contributed by atoms with Gasteiger partial charge < -0.3 is 0 Å². The van der Waals surface area contributed by atoms with Gasteiger partial charge in [0.25, 0.3) is 5.82 Å². The van der Waals surface area contributed by atoms with E-state index in [1.165, 1.54) is 28.1 Å². The van der Waals surface area contributed by atoms with Crippen molar-refractivity contribution in [1.82, 2.24) is 4.57 Å². The van der Waals surface area contributed by atoms with Crippen LogP contribution in [0.2, 0.25) is 0 Å². The molecule has 0 aliphatic carbocycles. The van der Waals surface area contributed by atoms with Gasteiger partial charge in [-0.1, -0.05) is 48.5 Å². The van der Waals surface area contributed by atoms with E-state index in [1.54, 1.807) is 0 Å². The van der Waals surface area contributed by atoms with Gasteiger partial charge in [-0.2, -0.15) is 4.57 Å². The summed E-state index contributed by atoms with van der Waals surface area (Å²) in [6, 6.07) is 29.6. The van der Waals surface area contributed by atoms with E-state index in [4.69, 9.17) is 0 Å². The van der Waals surface area contributed by atoms with E-state index < -0.39 is 0 Å². The average Bonchev–Trinajstić information content (AvgIpc) is 2.90. The quantitative estimate of drug-likeness (QED) is 0.490. The van der Waals surface area contributed by atoms with Crippen LogP contribution in [0.25, 0.3) is 28.1 Å². The average molecular weight is 285 g/mol. The highest BCUT2D eigenvalue weighted by Gasteiger charge is 2.24. The Hall–Kier alpha value is -2.87. The minimum atomic E-state index is 1.18. The lowest BCUT2D eigenvalue weighted by Gasteiger charge is -2.03. The molecule has 0 saturated carbocycles. The molecule has 22 heavy (non-hydrogen) atoms. The van der Waals surface area contributed by atoms with E-state index in [0.29, 0.717) is 0 Å². The van der Waals surface area contributed by atoms with Crippen LogP contribution in [0.4, 0.5) is 0 Å². The second-order valence-electron chi connectivity index (χ2n) is 5.41. The molecule has 2 heteroatoms. The van der Waals surface area contributed by atoms with Gasteiger partial charge in [-0.3, -0.25) is 0 Å². The SMILES string of the molecule is C[n+]1c(-c2ccccc2)n(-c2ccccc2)c2ccccc21. The third-order valence-electron chi connectivity index (χ3n) is 4.06. The highest BCUT2D eigenvalue weighted by molar-refractivity contribution is 5.78.